The van der Waals surface area contributed by atoms with E-state index >= 15 is 0 Å². The van der Waals surface area contributed by atoms with Crippen molar-refractivity contribution >= 4 is 33.7 Å². The van der Waals surface area contributed by atoms with Gasteiger partial charge in [0, 0.05) is 44.8 Å². The maximum Gasteiger partial charge on any atom is 0.203 e. The topological polar surface area (TPSA) is 38.9 Å². The summed E-state index contributed by atoms with van der Waals surface area (Å²) < 4.78 is 52.3. The molecule has 7 aromatic carbocycles. The highest BCUT2D eigenvalue weighted by molar-refractivity contribution is 6.14. The lowest BCUT2D eigenvalue weighted by molar-refractivity contribution is 0.172. The molecule has 1 aromatic heterocycles. The third-order valence-corrected chi connectivity index (χ3v) is 9.50. The van der Waals surface area contributed by atoms with Crippen LogP contribution in [-0.4, -0.2) is 16.0 Å². The number of fused-ring (bicyclic) bond motifs is 5. The molecule has 0 fully saturated rings. The average Bonchev–Trinajstić information content (AvgIpc) is 3.61. The lowest BCUT2D eigenvalue weighted by Gasteiger charge is -2.30. The number of hydrogen-bond acceptors (Lipinski definition) is 3. The highest BCUT2D eigenvalue weighted by atomic mass is 19.2. The molecule has 1 aliphatic rings. The summed E-state index contributed by atoms with van der Waals surface area (Å²) in [4.78, 5) is 10.2. The minimum atomic E-state index is -1.53. The first-order valence-corrected chi connectivity index (χ1v) is 17.5. The molecular weight excluding hydrogens is 680 g/mol. The Morgan fingerprint density at radius 1 is 0.500 bits per heavy atom. The van der Waals surface area contributed by atoms with Gasteiger partial charge in [0.05, 0.1) is 34.0 Å². The second-order valence-corrected chi connectivity index (χ2v) is 13.0. The van der Waals surface area contributed by atoms with E-state index in [0.717, 1.165) is 73.7 Å². The predicted molar refractivity (Wildman–Crippen MR) is 209 cm³/mol. The Morgan fingerprint density at radius 3 is 1.46 bits per heavy atom. The van der Waals surface area contributed by atoms with E-state index in [1.54, 1.807) is 0 Å². The van der Waals surface area contributed by atoms with Gasteiger partial charge in [0.1, 0.15) is 5.75 Å². The van der Waals surface area contributed by atoms with E-state index in [4.69, 9.17) is 14.7 Å². The van der Waals surface area contributed by atoms with Crippen molar-refractivity contribution in [3.05, 3.63) is 221 Å². The molecule has 0 bridgehead atoms. The number of hydrogen-bond donors (Lipinski definition) is 0. The average molecular weight is 710 g/mol. The zero-order chi connectivity index (χ0) is 36.6. The Bertz CT molecular complexity index is 2600. The van der Waals surface area contributed by atoms with Gasteiger partial charge in [-0.1, -0.05) is 121 Å². The van der Waals surface area contributed by atoms with Gasteiger partial charge >= 0.3 is 0 Å². The number of halogens is 3. The number of benzene rings is 7. The van der Waals surface area contributed by atoms with Gasteiger partial charge in [-0.25, -0.2) is 23.2 Å². The van der Waals surface area contributed by atoms with Crippen molar-refractivity contribution in [2.24, 2.45) is 9.98 Å². The molecule has 7 heteroatoms. The fourth-order valence-corrected chi connectivity index (χ4v) is 6.98. The van der Waals surface area contributed by atoms with Crippen LogP contribution in [0.4, 0.5) is 24.5 Å². The minimum Gasteiger partial charge on any atom is -0.465 e. The van der Waals surface area contributed by atoms with Gasteiger partial charge in [0.25, 0.3) is 0 Å². The lowest BCUT2D eigenvalue weighted by atomic mass is 10.0. The lowest BCUT2D eigenvalue weighted by Crippen LogP contribution is -2.22. The Morgan fingerprint density at radius 2 is 0.963 bits per heavy atom. The quantitative estimate of drug-likeness (QED) is 0.120. The van der Waals surface area contributed by atoms with Crippen molar-refractivity contribution in [2.75, 3.05) is 0 Å². The SMILES string of the molecule is Fc1cc([C@@H]2Oc3cc(N=C(c4ccccc4)c4ccccc4)ccc3-c3cc4cc(N=C(c5ccccc5)c5ccccc5)ccc4n32)cc(F)c1F. The summed E-state index contributed by atoms with van der Waals surface area (Å²) in [6.45, 7) is 0. The third-order valence-electron chi connectivity index (χ3n) is 9.50. The van der Waals surface area contributed by atoms with Crippen LogP contribution in [0.1, 0.15) is 34.0 Å². The van der Waals surface area contributed by atoms with Crippen molar-refractivity contribution in [1.82, 2.24) is 4.57 Å². The van der Waals surface area contributed by atoms with E-state index < -0.39 is 23.7 Å². The van der Waals surface area contributed by atoms with E-state index in [0.29, 0.717) is 11.4 Å². The van der Waals surface area contributed by atoms with Gasteiger partial charge in [0.2, 0.25) is 6.23 Å². The Labute approximate surface area is 309 Å². The Hall–Kier alpha value is -6.99. The molecule has 0 N–H and O–H groups in total. The van der Waals surface area contributed by atoms with E-state index in [-0.39, 0.29) is 5.56 Å². The molecular formula is C47H30F3N3O. The van der Waals surface area contributed by atoms with Gasteiger partial charge < -0.3 is 9.30 Å². The molecule has 0 spiro atoms. The molecule has 0 unspecified atom stereocenters. The molecule has 2 heterocycles. The van der Waals surface area contributed by atoms with Crippen molar-refractivity contribution in [3.8, 4) is 17.0 Å². The largest absolute Gasteiger partial charge is 0.465 e. The normalized spacial score (nSPS) is 13.1. The van der Waals surface area contributed by atoms with Gasteiger partial charge in [-0.3, -0.25) is 0 Å². The summed E-state index contributed by atoms with van der Waals surface area (Å²) >= 11 is 0. The van der Waals surface area contributed by atoms with Gasteiger partial charge in [-0.05, 0) is 48.5 Å². The number of aliphatic imine (C=N–C) groups is 2. The summed E-state index contributed by atoms with van der Waals surface area (Å²) in [5.74, 6) is -3.65. The number of nitrogens with zero attached hydrogens (tertiary/aromatic N) is 3. The maximum atomic E-state index is 14.8. The van der Waals surface area contributed by atoms with Gasteiger partial charge in [0.15, 0.2) is 17.5 Å². The number of rotatable bonds is 7. The van der Waals surface area contributed by atoms with E-state index in [1.165, 1.54) is 0 Å². The molecule has 4 nitrogen and oxygen atoms in total. The molecule has 0 saturated carbocycles. The van der Waals surface area contributed by atoms with Crippen molar-refractivity contribution in [3.63, 3.8) is 0 Å². The van der Waals surface area contributed by atoms with Crippen LogP contribution < -0.4 is 4.74 Å². The summed E-state index contributed by atoms with van der Waals surface area (Å²) in [6, 6.07) is 55.3. The molecule has 0 aliphatic carbocycles. The Balaban J connectivity index is 1.20. The highest BCUT2D eigenvalue weighted by Gasteiger charge is 2.31. The Kier molecular flexibility index (Phi) is 8.44. The van der Waals surface area contributed by atoms with E-state index in [2.05, 4.69) is 0 Å². The molecule has 0 radical (unpaired) electrons. The molecule has 260 valence electrons. The smallest absolute Gasteiger partial charge is 0.203 e. The monoisotopic (exact) mass is 709 g/mol. The number of aromatic nitrogens is 1. The first kappa shape index (κ1) is 32.9. The van der Waals surface area contributed by atoms with Crippen LogP contribution in [0.2, 0.25) is 0 Å². The van der Waals surface area contributed by atoms with Gasteiger partial charge in [-0.2, -0.15) is 0 Å². The summed E-state index contributed by atoms with van der Waals surface area (Å²) in [5, 5.41) is 0.841. The number of ether oxygens (including phenoxy) is 1. The zero-order valence-corrected chi connectivity index (χ0v) is 28.7. The van der Waals surface area contributed by atoms with E-state index in [9.17, 15) is 13.2 Å². The van der Waals surface area contributed by atoms with Crippen LogP contribution in [0.3, 0.4) is 0 Å². The van der Waals surface area contributed by atoms with Crippen LogP contribution in [0, 0.1) is 17.5 Å². The molecule has 8 aromatic rings. The second kappa shape index (κ2) is 13.9. The summed E-state index contributed by atoms with van der Waals surface area (Å²) in [6.07, 6.45) is -1.02. The molecule has 54 heavy (non-hydrogen) atoms. The standard InChI is InChI=1S/C47H30F3N3O/c48-39-26-35(27-40(49)44(39)50)47-53-41-24-22-36(51-45(30-13-5-1-6-14-30)31-15-7-2-8-16-31)25-34(41)28-42(53)38-23-21-37(29-43(38)54-47)52-46(32-17-9-3-10-18-32)33-19-11-4-12-20-33/h1-29,47H/t47-/m0/s1. The van der Waals surface area contributed by atoms with Crippen LogP contribution >= 0.6 is 0 Å². The molecule has 1 atom stereocenters. The van der Waals surface area contributed by atoms with Gasteiger partial charge in [-0.15, -0.1) is 0 Å². The summed E-state index contributed by atoms with van der Waals surface area (Å²) in [7, 11) is 0. The van der Waals surface area contributed by atoms with Crippen LogP contribution in [0.25, 0.3) is 22.2 Å². The molecule has 0 saturated heterocycles. The highest BCUT2D eigenvalue weighted by Crippen LogP contribution is 2.46. The van der Waals surface area contributed by atoms with Crippen LogP contribution in [-0.2, 0) is 0 Å². The first-order valence-electron chi connectivity index (χ1n) is 17.5. The van der Waals surface area contributed by atoms with E-state index in [1.807, 2.05) is 168 Å². The molecule has 1 aliphatic heterocycles. The first-order chi connectivity index (χ1) is 26.5. The zero-order valence-electron chi connectivity index (χ0n) is 28.7. The van der Waals surface area contributed by atoms with Crippen molar-refractivity contribution in [2.45, 2.75) is 6.23 Å². The van der Waals surface area contributed by atoms with Crippen molar-refractivity contribution in [1.29, 1.82) is 0 Å². The third kappa shape index (κ3) is 6.16. The molecule has 0 amide bonds. The van der Waals surface area contributed by atoms with Crippen molar-refractivity contribution < 1.29 is 17.9 Å². The maximum absolute atomic E-state index is 14.8. The fourth-order valence-electron chi connectivity index (χ4n) is 6.98. The van der Waals surface area contributed by atoms with Crippen LogP contribution in [0.5, 0.6) is 5.75 Å². The predicted octanol–water partition coefficient (Wildman–Crippen LogP) is 12.0. The second-order valence-electron chi connectivity index (χ2n) is 13.0. The molecule has 9 rings (SSSR count). The summed E-state index contributed by atoms with van der Waals surface area (Å²) in [5.41, 5.74) is 9.19. The fraction of sp³-hybridized carbons (Fsp3) is 0.0213. The minimum absolute atomic E-state index is 0.122. The van der Waals surface area contributed by atoms with Crippen LogP contribution in [0.15, 0.2) is 186 Å².